The molecule has 0 aromatic carbocycles. The van der Waals surface area contributed by atoms with Crippen molar-refractivity contribution in [2.24, 2.45) is 10.9 Å². The largest absolute Gasteiger partial charge is 0.463 e. The minimum Gasteiger partial charge on any atom is -0.463 e. The third kappa shape index (κ3) is 3.44. The van der Waals surface area contributed by atoms with Gasteiger partial charge in [-0.2, -0.15) is 0 Å². The van der Waals surface area contributed by atoms with Crippen molar-refractivity contribution < 1.29 is 14.3 Å². The highest BCUT2D eigenvalue weighted by Crippen LogP contribution is 2.27. The van der Waals surface area contributed by atoms with Crippen LogP contribution in [0.25, 0.3) is 0 Å². The molecule has 1 fully saturated rings. The van der Waals surface area contributed by atoms with E-state index in [1.165, 1.54) is 11.3 Å². The Bertz CT molecular complexity index is 724. The molecular weight excluding hydrogens is 340 g/mol. The van der Waals surface area contributed by atoms with E-state index in [4.69, 9.17) is 4.74 Å². The van der Waals surface area contributed by atoms with Crippen LogP contribution in [0.2, 0.25) is 0 Å². The van der Waals surface area contributed by atoms with Gasteiger partial charge in [-0.3, -0.25) is 9.79 Å². The number of ether oxygens (including phenoxy) is 1. The molecule has 3 heterocycles. The van der Waals surface area contributed by atoms with Crippen molar-refractivity contribution in [2.75, 3.05) is 32.8 Å². The number of amides is 1. The van der Waals surface area contributed by atoms with Gasteiger partial charge < -0.3 is 14.5 Å². The summed E-state index contributed by atoms with van der Waals surface area (Å²) in [5.74, 6) is 0.431. The predicted octanol–water partition coefficient (Wildman–Crippen LogP) is 1.52. The number of fused-ring (bicyclic) bond motifs is 1. The van der Waals surface area contributed by atoms with Gasteiger partial charge in [-0.15, -0.1) is 11.3 Å². The van der Waals surface area contributed by atoms with Crippen LogP contribution in [0, 0.1) is 5.92 Å². The van der Waals surface area contributed by atoms with Gasteiger partial charge in [-0.1, -0.05) is 13.8 Å². The van der Waals surface area contributed by atoms with Crippen LogP contribution in [-0.2, 0) is 14.3 Å². The number of hydrogen-bond donors (Lipinski definition) is 0. The normalized spacial score (nSPS) is 17.5. The number of amidine groups is 1. The Kier molecular flexibility index (Phi) is 5.17. The van der Waals surface area contributed by atoms with Gasteiger partial charge in [-0.05, 0) is 6.92 Å². The van der Waals surface area contributed by atoms with E-state index in [0.29, 0.717) is 31.8 Å². The molecule has 3 rings (SSSR count). The lowest BCUT2D eigenvalue weighted by molar-refractivity contribution is -0.139. The Balaban J connectivity index is 1.93. The van der Waals surface area contributed by atoms with Gasteiger partial charge in [0.2, 0.25) is 5.91 Å². The summed E-state index contributed by atoms with van der Waals surface area (Å²) in [5.41, 5.74) is 1.34. The van der Waals surface area contributed by atoms with Gasteiger partial charge in [0.1, 0.15) is 0 Å². The Labute approximate surface area is 151 Å². The van der Waals surface area contributed by atoms with E-state index in [1.807, 2.05) is 24.1 Å². The van der Waals surface area contributed by atoms with E-state index in [9.17, 15) is 9.59 Å². The molecular formula is C17H22N4O3S. The number of rotatable bonds is 4. The van der Waals surface area contributed by atoms with E-state index in [0.717, 1.165) is 16.5 Å². The summed E-state index contributed by atoms with van der Waals surface area (Å²) >= 11 is 1.51. The van der Waals surface area contributed by atoms with Crippen LogP contribution >= 0.6 is 11.3 Å². The van der Waals surface area contributed by atoms with Crippen LogP contribution in [0.4, 0.5) is 0 Å². The lowest BCUT2D eigenvalue weighted by Crippen LogP contribution is -2.52. The zero-order valence-corrected chi connectivity index (χ0v) is 15.5. The van der Waals surface area contributed by atoms with Crippen molar-refractivity contribution in [1.82, 2.24) is 14.8 Å². The van der Waals surface area contributed by atoms with Crippen LogP contribution in [0.15, 0.2) is 27.8 Å². The minimum atomic E-state index is -0.358. The van der Waals surface area contributed by atoms with E-state index in [1.54, 1.807) is 18.0 Å². The van der Waals surface area contributed by atoms with Crippen molar-refractivity contribution in [3.05, 3.63) is 27.9 Å². The van der Waals surface area contributed by atoms with Gasteiger partial charge in [0.15, 0.2) is 10.8 Å². The van der Waals surface area contributed by atoms with Crippen molar-refractivity contribution in [1.29, 1.82) is 0 Å². The molecule has 1 amide bonds. The second-order valence-corrected chi connectivity index (χ2v) is 7.08. The van der Waals surface area contributed by atoms with Crippen LogP contribution < -0.4 is 0 Å². The number of carbonyl (C=O) groups excluding carboxylic acids is 2. The number of aliphatic imine (C=N–C) groups is 1. The SMILES string of the molecule is CCOC(=O)C1=C2CN(C(=O)C(C)C)CCN2C(c2nccs2)=NC1. The fourth-order valence-corrected chi connectivity index (χ4v) is 3.65. The van der Waals surface area contributed by atoms with Crippen LogP contribution in [-0.4, -0.2) is 65.3 Å². The third-order valence-electron chi connectivity index (χ3n) is 4.20. The molecule has 8 heteroatoms. The van der Waals surface area contributed by atoms with E-state index in [2.05, 4.69) is 9.98 Å². The molecule has 0 spiro atoms. The fourth-order valence-electron chi connectivity index (χ4n) is 2.99. The summed E-state index contributed by atoms with van der Waals surface area (Å²) in [6, 6.07) is 0. The van der Waals surface area contributed by atoms with E-state index < -0.39 is 0 Å². The van der Waals surface area contributed by atoms with Crippen LogP contribution in [0.1, 0.15) is 25.8 Å². The molecule has 1 saturated heterocycles. The van der Waals surface area contributed by atoms with Gasteiger partial charge in [0.05, 0.1) is 31.0 Å². The molecule has 0 unspecified atom stereocenters. The molecule has 25 heavy (non-hydrogen) atoms. The van der Waals surface area contributed by atoms with Crippen LogP contribution in [0.3, 0.4) is 0 Å². The third-order valence-corrected chi connectivity index (χ3v) is 4.97. The van der Waals surface area contributed by atoms with E-state index in [-0.39, 0.29) is 24.3 Å². The second kappa shape index (κ2) is 7.35. The summed E-state index contributed by atoms with van der Waals surface area (Å²) in [6.07, 6.45) is 1.74. The molecule has 2 aliphatic heterocycles. The number of hydrogen-bond acceptors (Lipinski definition) is 7. The quantitative estimate of drug-likeness (QED) is 0.759. The Morgan fingerprint density at radius 1 is 1.36 bits per heavy atom. The standard InChI is InChI=1S/C17H22N4O3S/c1-4-24-17(23)12-9-19-14(15-18-5-8-25-15)21-7-6-20(10-13(12)21)16(22)11(2)3/h5,8,11H,4,6-7,9-10H2,1-3H3. The highest BCUT2D eigenvalue weighted by molar-refractivity contribution is 7.11. The highest BCUT2D eigenvalue weighted by Gasteiger charge is 2.35. The molecule has 0 atom stereocenters. The molecule has 7 nitrogen and oxygen atoms in total. The lowest BCUT2D eigenvalue weighted by atomic mass is 10.1. The smallest absolute Gasteiger partial charge is 0.337 e. The number of carbonyl (C=O) groups is 2. The first kappa shape index (κ1) is 17.6. The number of piperazine rings is 1. The Morgan fingerprint density at radius 3 is 2.80 bits per heavy atom. The zero-order valence-electron chi connectivity index (χ0n) is 14.7. The number of thiazole rings is 1. The number of nitrogens with zero attached hydrogens (tertiary/aromatic N) is 4. The molecule has 0 saturated carbocycles. The zero-order chi connectivity index (χ0) is 18.0. The molecule has 0 aliphatic carbocycles. The predicted molar refractivity (Wildman–Crippen MR) is 95.3 cm³/mol. The molecule has 0 N–H and O–H groups in total. The van der Waals surface area contributed by atoms with Gasteiger partial charge in [0.25, 0.3) is 0 Å². The average Bonchev–Trinajstić information content (AvgIpc) is 3.14. The highest BCUT2D eigenvalue weighted by atomic mass is 32.1. The summed E-state index contributed by atoms with van der Waals surface area (Å²) < 4.78 is 5.19. The molecule has 2 aliphatic rings. The summed E-state index contributed by atoms with van der Waals surface area (Å²) in [7, 11) is 0. The lowest BCUT2D eigenvalue weighted by Gasteiger charge is -2.41. The van der Waals surface area contributed by atoms with Gasteiger partial charge in [-0.25, -0.2) is 9.78 Å². The average molecular weight is 362 g/mol. The molecule has 134 valence electrons. The Hall–Kier alpha value is -2.22. The minimum absolute atomic E-state index is 0.0751. The maximum Gasteiger partial charge on any atom is 0.337 e. The Morgan fingerprint density at radius 2 is 2.16 bits per heavy atom. The topological polar surface area (TPSA) is 75.1 Å². The first-order chi connectivity index (χ1) is 12.0. The van der Waals surface area contributed by atoms with Crippen molar-refractivity contribution in [3.8, 4) is 0 Å². The first-order valence-electron chi connectivity index (χ1n) is 8.42. The molecule has 0 radical (unpaired) electrons. The number of aromatic nitrogens is 1. The van der Waals surface area contributed by atoms with Crippen molar-refractivity contribution >= 4 is 29.0 Å². The number of esters is 1. The summed E-state index contributed by atoms with van der Waals surface area (Å²) in [5, 5.41) is 2.73. The molecule has 1 aromatic rings. The van der Waals surface area contributed by atoms with Gasteiger partial charge >= 0.3 is 5.97 Å². The van der Waals surface area contributed by atoms with Crippen molar-refractivity contribution in [2.45, 2.75) is 20.8 Å². The van der Waals surface area contributed by atoms with Crippen molar-refractivity contribution in [3.63, 3.8) is 0 Å². The summed E-state index contributed by atoms with van der Waals surface area (Å²) in [4.78, 5) is 37.5. The van der Waals surface area contributed by atoms with Gasteiger partial charge in [0, 0.05) is 30.6 Å². The second-order valence-electron chi connectivity index (χ2n) is 6.19. The maximum absolute atomic E-state index is 12.4. The fraction of sp³-hybridized carbons (Fsp3) is 0.529. The maximum atomic E-state index is 12.4. The summed E-state index contributed by atoms with van der Waals surface area (Å²) in [6.45, 7) is 7.71. The first-order valence-corrected chi connectivity index (χ1v) is 9.30. The monoisotopic (exact) mass is 362 g/mol. The van der Waals surface area contributed by atoms with Crippen LogP contribution in [0.5, 0.6) is 0 Å². The molecule has 1 aromatic heterocycles. The van der Waals surface area contributed by atoms with E-state index >= 15 is 0 Å². The molecule has 0 bridgehead atoms.